The molecule has 1 aliphatic heterocycles. The minimum Gasteiger partial charge on any atom is -0.341 e. The molecule has 2 heterocycles. The van der Waals surface area contributed by atoms with Gasteiger partial charge in [-0.3, -0.25) is 0 Å². The van der Waals surface area contributed by atoms with Crippen molar-refractivity contribution in [3.63, 3.8) is 0 Å². The molecule has 88 valence electrons. The Morgan fingerprint density at radius 2 is 2.19 bits per heavy atom. The molecule has 0 bridgehead atoms. The molecule has 0 spiro atoms. The van der Waals surface area contributed by atoms with E-state index in [0.29, 0.717) is 11.9 Å². The Balaban J connectivity index is 2.01. The van der Waals surface area contributed by atoms with Crippen molar-refractivity contribution < 1.29 is 4.39 Å². The van der Waals surface area contributed by atoms with Gasteiger partial charge in [0.2, 0.25) is 5.95 Å². The molecule has 0 aliphatic carbocycles. The lowest BCUT2D eigenvalue weighted by Gasteiger charge is -2.32. The van der Waals surface area contributed by atoms with Gasteiger partial charge < -0.3 is 10.6 Å². The highest BCUT2D eigenvalue weighted by molar-refractivity contribution is 5.29. The second kappa shape index (κ2) is 5.21. The fraction of sp³-hybridized carbons (Fsp3) is 0.636. The highest BCUT2D eigenvalue weighted by Crippen LogP contribution is 2.21. The first-order valence-electron chi connectivity index (χ1n) is 5.72. The van der Waals surface area contributed by atoms with Crippen LogP contribution in [0, 0.1) is 11.7 Å². The van der Waals surface area contributed by atoms with E-state index in [1.54, 1.807) is 0 Å². The van der Waals surface area contributed by atoms with Crippen LogP contribution in [0.5, 0.6) is 0 Å². The number of hydrogen-bond acceptors (Lipinski definition) is 4. The number of nitrogens with zero attached hydrogens (tertiary/aromatic N) is 3. The minimum atomic E-state index is -0.390. The van der Waals surface area contributed by atoms with Crippen LogP contribution in [0.15, 0.2) is 12.4 Å². The molecule has 5 heteroatoms. The minimum absolute atomic E-state index is 0.390. The Kier molecular flexibility index (Phi) is 3.66. The number of aromatic nitrogens is 2. The first kappa shape index (κ1) is 11.3. The van der Waals surface area contributed by atoms with Crippen molar-refractivity contribution >= 4 is 5.95 Å². The van der Waals surface area contributed by atoms with Crippen molar-refractivity contribution in [2.75, 3.05) is 24.5 Å². The van der Waals surface area contributed by atoms with Crippen LogP contribution in [-0.2, 0) is 0 Å². The van der Waals surface area contributed by atoms with Crippen LogP contribution in [0.3, 0.4) is 0 Å². The molecular formula is C11H17FN4. The van der Waals surface area contributed by atoms with Crippen LogP contribution in [0.1, 0.15) is 19.3 Å². The average Bonchev–Trinajstić information content (AvgIpc) is 2.31. The number of halogens is 1. The van der Waals surface area contributed by atoms with E-state index >= 15 is 0 Å². The molecule has 1 atom stereocenters. The van der Waals surface area contributed by atoms with Crippen molar-refractivity contribution in [1.29, 1.82) is 0 Å². The summed E-state index contributed by atoms with van der Waals surface area (Å²) in [5.74, 6) is 0.856. The second-order valence-corrected chi connectivity index (χ2v) is 4.23. The Morgan fingerprint density at radius 1 is 1.44 bits per heavy atom. The topological polar surface area (TPSA) is 55.0 Å². The molecule has 1 unspecified atom stereocenters. The zero-order chi connectivity index (χ0) is 11.4. The van der Waals surface area contributed by atoms with Gasteiger partial charge >= 0.3 is 0 Å². The number of piperidine rings is 1. The molecule has 2 N–H and O–H groups in total. The molecule has 1 fully saturated rings. The molecule has 4 nitrogen and oxygen atoms in total. The maximum absolute atomic E-state index is 12.7. The fourth-order valence-electron chi connectivity index (χ4n) is 2.19. The molecule has 0 amide bonds. The zero-order valence-electron chi connectivity index (χ0n) is 9.27. The van der Waals surface area contributed by atoms with E-state index in [2.05, 4.69) is 14.9 Å². The molecule has 1 saturated heterocycles. The van der Waals surface area contributed by atoms with E-state index in [-0.39, 0.29) is 5.82 Å². The summed E-state index contributed by atoms with van der Waals surface area (Å²) in [7, 11) is 0. The van der Waals surface area contributed by atoms with Crippen LogP contribution < -0.4 is 10.6 Å². The summed E-state index contributed by atoms with van der Waals surface area (Å²) in [6, 6.07) is 0. The SMILES string of the molecule is NCCC1CCCN(c2ncc(F)cn2)C1. The van der Waals surface area contributed by atoms with Gasteiger partial charge in [-0.2, -0.15) is 0 Å². The van der Waals surface area contributed by atoms with Gasteiger partial charge in [0, 0.05) is 13.1 Å². The van der Waals surface area contributed by atoms with Crippen LogP contribution in [-0.4, -0.2) is 29.6 Å². The zero-order valence-corrected chi connectivity index (χ0v) is 9.27. The van der Waals surface area contributed by atoms with E-state index in [4.69, 9.17) is 5.73 Å². The molecule has 16 heavy (non-hydrogen) atoms. The summed E-state index contributed by atoms with van der Waals surface area (Å²) in [6.45, 7) is 2.61. The Labute approximate surface area is 94.7 Å². The molecule has 0 aromatic carbocycles. The molecule has 0 radical (unpaired) electrons. The second-order valence-electron chi connectivity index (χ2n) is 4.23. The summed E-state index contributed by atoms with van der Waals surface area (Å²) in [5.41, 5.74) is 5.56. The van der Waals surface area contributed by atoms with Crippen LogP contribution in [0.25, 0.3) is 0 Å². The normalized spacial score (nSPS) is 21.1. The van der Waals surface area contributed by atoms with E-state index in [0.717, 1.165) is 32.5 Å². The van der Waals surface area contributed by atoms with E-state index in [1.165, 1.54) is 18.8 Å². The summed E-state index contributed by atoms with van der Waals surface area (Å²) in [5, 5.41) is 0. The van der Waals surface area contributed by atoms with E-state index < -0.39 is 0 Å². The first-order valence-corrected chi connectivity index (χ1v) is 5.72. The third kappa shape index (κ3) is 2.66. The van der Waals surface area contributed by atoms with Crippen molar-refractivity contribution in [2.45, 2.75) is 19.3 Å². The standard InChI is InChI=1S/C11H17FN4/c12-10-6-14-11(15-7-10)16-5-1-2-9(8-16)3-4-13/h6-7,9H,1-5,8,13H2. The van der Waals surface area contributed by atoms with Gasteiger partial charge in [0.05, 0.1) is 12.4 Å². The first-order chi connectivity index (χ1) is 7.79. The van der Waals surface area contributed by atoms with Gasteiger partial charge in [0.15, 0.2) is 5.82 Å². The molecule has 1 aromatic rings. The number of rotatable bonds is 3. The molecule has 1 aliphatic rings. The molecule has 1 aromatic heterocycles. The average molecular weight is 224 g/mol. The highest BCUT2D eigenvalue weighted by atomic mass is 19.1. The maximum atomic E-state index is 12.7. The van der Waals surface area contributed by atoms with Gasteiger partial charge in [-0.15, -0.1) is 0 Å². The van der Waals surface area contributed by atoms with Crippen LogP contribution >= 0.6 is 0 Å². The van der Waals surface area contributed by atoms with Crippen molar-refractivity contribution in [3.8, 4) is 0 Å². The predicted molar refractivity (Wildman–Crippen MR) is 60.6 cm³/mol. The summed E-state index contributed by atoms with van der Waals surface area (Å²) in [4.78, 5) is 10.1. The highest BCUT2D eigenvalue weighted by Gasteiger charge is 2.20. The monoisotopic (exact) mass is 224 g/mol. The summed E-state index contributed by atoms with van der Waals surface area (Å²) < 4.78 is 12.7. The lowest BCUT2D eigenvalue weighted by molar-refractivity contribution is 0.392. The van der Waals surface area contributed by atoms with Crippen molar-refractivity contribution in [1.82, 2.24) is 9.97 Å². The lowest BCUT2D eigenvalue weighted by Crippen LogP contribution is -2.37. The lowest BCUT2D eigenvalue weighted by atomic mass is 9.95. The smallest absolute Gasteiger partial charge is 0.225 e. The van der Waals surface area contributed by atoms with Gasteiger partial charge in [-0.1, -0.05) is 0 Å². The Hall–Kier alpha value is -1.23. The van der Waals surface area contributed by atoms with Gasteiger partial charge in [-0.25, -0.2) is 14.4 Å². The van der Waals surface area contributed by atoms with Gasteiger partial charge in [0.1, 0.15) is 0 Å². The molecule has 2 rings (SSSR count). The Morgan fingerprint density at radius 3 is 2.88 bits per heavy atom. The van der Waals surface area contributed by atoms with Gasteiger partial charge in [0.25, 0.3) is 0 Å². The summed E-state index contributed by atoms with van der Waals surface area (Å²) >= 11 is 0. The van der Waals surface area contributed by atoms with Gasteiger partial charge in [-0.05, 0) is 31.7 Å². The van der Waals surface area contributed by atoms with Crippen LogP contribution in [0.2, 0.25) is 0 Å². The number of nitrogens with two attached hydrogens (primary N) is 1. The Bertz CT molecular complexity index is 325. The van der Waals surface area contributed by atoms with E-state index in [9.17, 15) is 4.39 Å². The van der Waals surface area contributed by atoms with Crippen LogP contribution in [0.4, 0.5) is 10.3 Å². The van der Waals surface area contributed by atoms with Crippen molar-refractivity contribution in [3.05, 3.63) is 18.2 Å². The van der Waals surface area contributed by atoms with E-state index in [1.807, 2.05) is 0 Å². The molecule has 0 saturated carbocycles. The number of hydrogen-bond donors (Lipinski definition) is 1. The fourth-order valence-corrected chi connectivity index (χ4v) is 2.19. The quantitative estimate of drug-likeness (QED) is 0.837. The third-order valence-corrected chi connectivity index (χ3v) is 2.98. The summed E-state index contributed by atoms with van der Waals surface area (Å²) in [6.07, 6.45) is 5.82. The number of anilines is 1. The maximum Gasteiger partial charge on any atom is 0.225 e. The van der Waals surface area contributed by atoms with Crippen molar-refractivity contribution in [2.24, 2.45) is 11.7 Å². The largest absolute Gasteiger partial charge is 0.341 e. The molecular weight excluding hydrogens is 207 g/mol. The third-order valence-electron chi connectivity index (χ3n) is 2.98. The predicted octanol–water partition coefficient (Wildman–Crippen LogP) is 1.18.